The molecule has 0 radical (unpaired) electrons. The molecule has 0 aliphatic heterocycles. The molecule has 3 rings (SSSR count). The molecule has 2 aromatic carbocycles. The largest absolute Gasteiger partial charge is 0.449 e. The Balaban J connectivity index is 1.38. The lowest BCUT2D eigenvalue weighted by Gasteiger charge is -2.17. The third-order valence-electron chi connectivity index (χ3n) is 5.96. The molecule has 0 saturated carbocycles. The topological polar surface area (TPSA) is 38.3 Å². The minimum atomic E-state index is -0.378. The molecule has 2 aromatic rings. The van der Waals surface area contributed by atoms with Gasteiger partial charge in [-0.2, -0.15) is 12.6 Å². The van der Waals surface area contributed by atoms with Gasteiger partial charge in [-0.3, -0.25) is 0 Å². The van der Waals surface area contributed by atoms with Crippen molar-refractivity contribution in [2.24, 2.45) is 0 Å². The van der Waals surface area contributed by atoms with Gasteiger partial charge < -0.3 is 10.1 Å². The lowest BCUT2D eigenvalue weighted by atomic mass is 9.98. The Kier molecular flexibility index (Phi) is 9.13. The van der Waals surface area contributed by atoms with Gasteiger partial charge in [0.25, 0.3) is 0 Å². The monoisotopic (exact) mass is 425 g/mol. The van der Waals surface area contributed by atoms with Gasteiger partial charge in [0.05, 0.1) is 5.37 Å². The zero-order valence-electron chi connectivity index (χ0n) is 18.1. The maximum atomic E-state index is 12.3. The Bertz CT molecular complexity index is 762. The summed E-state index contributed by atoms with van der Waals surface area (Å²) in [4.78, 5) is 12.3. The van der Waals surface area contributed by atoms with E-state index in [2.05, 4.69) is 61.3 Å². The van der Waals surface area contributed by atoms with E-state index in [0.717, 1.165) is 12.8 Å². The van der Waals surface area contributed by atoms with Crippen LogP contribution in [0.2, 0.25) is 0 Å². The number of fused-ring (bicyclic) bond motifs is 3. The molecular formula is C26H35NO2S. The number of ether oxygens (including phenoxy) is 1. The van der Waals surface area contributed by atoms with Crippen LogP contribution < -0.4 is 5.32 Å². The average molecular weight is 426 g/mol. The van der Waals surface area contributed by atoms with E-state index in [-0.39, 0.29) is 17.4 Å². The molecule has 0 saturated heterocycles. The first-order valence-electron chi connectivity index (χ1n) is 11.5. The van der Waals surface area contributed by atoms with Crippen molar-refractivity contribution in [2.75, 3.05) is 6.61 Å². The van der Waals surface area contributed by atoms with E-state index in [1.807, 2.05) is 12.1 Å². The number of rotatable bonds is 12. The van der Waals surface area contributed by atoms with Crippen LogP contribution >= 0.6 is 12.6 Å². The van der Waals surface area contributed by atoms with E-state index in [9.17, 15) is 4.79 Å². The highest BCUT2D eigenvalue weighted by atomic mass is 32.1. The minimum absolute atomic E-state index is 0.0919. The lowest BCUT2D eigenvalue weighted by molar-refractivity contribution is 0.142. The zero-order chi connectivity index (χ0) is 21.2. The van der Waals surface area contributed by atoms with Crippen molar-refractivity contribution in [2.45, 2.75) is 76.0 Å². The van der Waals surface area contributed by atoms with Crippen LogP contribution in [0.4, 0.5) is 4.79 Å². The smallest absolute Gasteiger partial charge is 0.408 e. The Labute approximate surface area is 187 Å². The molecule has 30 heavy (non-hydrogen) atoms. The molecule has 1 aliphatic rings. The van der Waals surface area contributed by atoms with Crippen LogP contribution in [-0.4, -0.2) is 18.1 Å². The molecule has 162 valence electrons. The van der Waals surface area contributed by atoms with Gasteiger partial charge in [0.1, 0.15) is 6.61 Å². The summed E-state index contributed by atoms with van der Waals surface area (Å²) in [5, 5.41) is 2.72. The molecule has 1 aliphatic carbocycles. The highest BCUT2D eigenvalue weighted by molar-refractivity contribution is 7.80. The van der Waals surface area contributed by atoms with Crippen molar-refractivity contribution in [1.82, 2.24) is 5.32 Å². The molecular weight excluding hydrogens is 390 g/mol. The molecule has 0 spiro atoms. The highest BCUT2D eigenvalue weighted by Crippen LogP contribution is 2.44. The molecule has 1 atom stereocenters. The number of unbranched alkanes of at least 4 members (excludes halogenated alkanes) is 7. The first kappa shape index (κ1) is 22.7. The Hall–Kier alpha value is -1.94. The second-order valence-corrected chi connectivity index (χ2v) is 8.87. The van der Waals surface area contributed by atoms with E-state index in [1.54, 1.807) is 0 Å². The van der Waals surface area contributed by atoms with Gasteiger partial charge in [-0.05, 0) is 28.7 Å². The lowest BCUT2D eigenvalue weighted by Crippen LogP contribution is -2.32. The van der Waals surface area contributed by atoms with Crippen LogP contribution in [0.3, 0.4) is 0 Å². The minimum Gasteiger partial charge on any atom is -0.449 e. The Morgan fingerprint density at radius 1 is 0.900 bits per heavy atom. The third kappa shape index (κ3) is 6.28. The van der Waals surface area contributed by atoms with E-state index < -0.39 is 0 Å². The van der Waals surface area contributed by atoms with E-state index >= 15 is 0 Å². The number of hydrogen-bond donors (Lipinski definition) is 2. The van der Waals surface area contributed by atoms with Crippen LogP contribution in [0.5, 0.6) is 0 Å². The summed E-state index contributed by atoms with van der Waals surface area (Å²) < 4.78 is 5.59. The van der Waals surface area contributed by atoms with Crippen LogP contribution in [0.15, 0.2) is 48.5 Å². The summed E-state index contributed by atoms with van der Waals surface area (Å²) in [5.41, 5.74) is 4.94. The Morgan fingerprint density at radius 2 is 1.43 bits per heavy atom. The molecule has 1 amide bonds. The van der Waals surface area contributed by atoms with Crippen LogP contribution in [-0.2, 0) is 4.74 Å². The molecule has 0 aromatic heterocycles. The SMILES string of the molecule is CCCCCCCCCCC(S)NC(=O)OCC1c2ccccc2-c2ccccc21. The van der Waals surface area contributed by atoms with Crippen LogP contribution in [0.25, 0.3) is 11.1 Å². The predicted octanol–water partition coefficient (Wildman–Crippen LogP) is 7.31. The number of hydrogen-bond acceptors (Lipinski definition) is 3. The summed E-state index contributed by atoms with van der Waals surface area (Å²) in [6, 6.07) is 16.8. The maximum absolute atomic E-state index is 12.3. The van der Waals surface area contributed by atoms with E-state index in [0.29, 0.717) is 6.61 Å². The number of thiol groups is 1. The fourth-order valence-electron chi connectivity index (χ4n) is 4.32. The predicted molar refractivity (Wildman–Crippen MR) is 128 cm³/mol. The van der Waals surface area contributed by atoms with Gasteiger partial charge in [0.2, 0.25) is 0 Å². The molecule has 0 heterocycles. The van der Waals surface area contributed by atoms with Crippen molar-refractivity contribution >= 4 is 18.7 Å². The van der Waals surface area contributed by atoms with Gasteiger partial charge in [-0.25, -0.2) is 4.79 Å². The quantitative estimate of drug-likeness (QED) is 0.212. The standard InChI is InChI=1S/C26H35NO2S/c1-2-3-4-5-6-7-8-9-18-25(30)27-26(28)29-19-24-22-16-12-10-14-20(22)21-15-11-13-17-23(21)24/h10-17,24-25,30H,2-9,18-19H2,1H3,(H,27,28). The molecule has 1 unspecified atom stereocenters. The van der Waals surface area contributed by atoms with Gasteiger partial charge in [-0.1, -0.05) is 107 Å². The van der Waals surface area contributed by atoms with Crippen molar-refractivity contribution in [3.05, 3.63) is 59.7 Å². The van der Waals surface area contributed by atoms with Crippen LogP contribution in [0.1, 0.15) is 81.8 Å². The fraction of sp³-hybridized carbons (Fsp3) is 0.500. The van der Waals surface area contributed by atoms with Gasteiger partial charge in [-0.15, -0.1) is 0 Å². The van der Waals surface area contributed by atoms with Crippen molar-refractivity contribution in [1.29, 1.82) is 0 Å². The highest BCUT2D eigenvalue weighted by Gasteiger charge is 2.29. The molecule has 4 heteroatoms. The molecule has 0 bridgehead atoms. The number of alkyl carbamates (subject to hydrolysis) is 1. The zero-order valence-corrected chi connectivity index (χ0v) is 19.0. The number of carbonyl (C=O) groups excluding carboxylic acids is 1. The number of nitrogens with one attached hydrogen (secondary N) is 1. The normalized spacial score (nSPS) is 13.5. The van der Waals surface area contributed by atoms with Crippen LogP contribution in [0, 0.1) is 0 Å². The van der Waals surface area contributed by atoms with Gasteiger partial charge >= 0.3 is 6.09 Å². The van der Waals surface area contributed by atoms with Crippen molar-refractivity contribution < 1.29 is 9.53 Å². The summed E-state index contributed by atoms with van der Waals surface area (Å²) >= 11 is 4.52. The van der Waals surface area contributed by atoms with E-state index in [1.165, 1.54) is 67.2 Å². The summed E-state index contributed by atoms with van der Waals surface area (Å²) in [7, 11) is 0. The summed E-state index contributed by atoms with van der Waals surface area (Å²) in [6.45, 7) is 2.59. The van der Waals surface area contributed by atoms with E-state index in [4.69, 9.17) is 4.74 Å². The molecule has 3 nitrogen and oxygen atoms in total. The first-order chi connectivity index (χ1) is 14.7. The average Bonchev–Trinajstić information content (AvgIpc) is 3.08. The number of carbonyl (C=O) groups is 1. The molecule has 1 N–H and O–H groups in total. The maximum Gasteiger partial charge on any atom is 0.408 e. The van der Waals surface area contributed by atoms with Crippen molar-refractivity contribution in [3.63, 3.8) is 0 Å². The number of amides is 1. The second-order valence-electron chi connectivity index (χ2n) is 8.25. The second kappa shape index (κ2) is 12.0. The van der Waals surface area contributed by atoms with Gasteiger partial charge in [0.15, 0.2) is 0 Å². The fourth-order valence-corrected chi connectivity index (χ4v) is 4.61. The van der Waals surface area contributed by atoms with Crippen molar-refractivity contribution in [3.8, 4) is 11.1 Å². The van der Waals surface area contributed by atoms with Gasteiger partial charge in [0, 0.05) is 5.92 Å². The Morgan fingerprint density at radius 3 is 2.03 bits per heavy atom. The third-order valence-corrected chi connectivity index (χ3v) is 6.35. The summed E-state index contributed by atoms with van der Waals surface area (Å²) in [5.74, 6) is 0.0919. The number of benzene rings is 2. The summed E-state index contributed by atoms with van der Waals surface area (Å²) in [6.07, 6.45) is 10.7. The first-order valence-corrected chi connectivity index (χ1v) is 12.0. The molecule has 0 fully saturated rings.